The molecule has 1 aromatic carbocycles. The van der Waals surface area contributed by atoms with Crippen molar-refractivity contribution in [1.29, 1.82) is 0 Å². The molecule has 102 valence electrons. The third kappa shape index (κ3) is 2.63. The van der Waals surface area contributed by atoms with Gasteiger partial charge in [-0.3, -0.25) is 0 Å². The number of furan rings is 1. The van der Waals surface area contributed by atoms with E-state index in [2.05, 4.69) is 54.0 Å². The summed E-state index contributed by atoms with van der Waals surface area (Å²) in [6.45, 7) is 4.08. The van der Waals surface area contributed by atoms with Crippen LogP contribution in [0.5, 0.6) is 0 Å². The van der Waals surface area contributed by atoms with Gasteiger partial charge in [-0.1, -0.05) is 24.3 Å². The molecule has 1 atom stereocenters. The molecule has 2 heterocycles. The summed E-state index contributed by atoms with van der Waals surface area (Å²) in [7, 11) is 0. The Bertz CT molecular complexity index is 685. The van der Waals surface area contributed by atoms with E-state index in [0.29, 0.717) is 0 Å². The average molecular weight is 283 g/mol. The first-order valence-corrected chi connectivity index (χ1v) is 7.58. The number of benzene rings is 1. The van der Waals surface area contributed by atoms with Crippen molar-refractivity contribution in [1.82, 2.24) is 0 Å². The van der Waals surface area contributed by atoms with Crippen LogP contribution in [0.15, 0.2) is 58.3 Å². The summed E-state index contributed by atoms with van der Waals surface area (Å²) in [4.78, 5) is 1.27. The normalized spacial score (nSPS) is 12.3. The van der Waals surface area contributed by atoms with Gasteiger partial charge in [-0.15, -0.1) is 11.3 Å². The van der Waals surface area contributed by atoms with Crippen LogP contribution in [0.2, 0.25) is 0 Å². The second-order valence-electron chi connectivity index (χ2n) is 4.84. The summed E-state index contributed by atoms with van der Waals surface area (Å²) in [5.74, 6) is 1.91. The lowest BCUT2D eigenvalue weighted by atomic mass is 10.1. The Hall–Kier alpha value is -2.00. The molecule has 1 unspecified atom stereocenters. The summed E-state index contributed by atoms with van der Waals surface area (Å²) in [5, 5.41) is 5.64. The predicted molar refractivity (Wildman–Crippen MR) is 85.2 cm³/mol. The van der Waals surface area contributed by atoms with Gasteiger partial charge in [0.1, 0.15) is 11.5 Å². The molecule has 0 spiro atoms. The first-order chi connectivity index (χ1) is 9.74. The largest absolute Gasteiger partial charge is 0.464 e. The van der Waals surface area contributed by atoms with E-state index in [1.54, 1.807) is 11.3 Å². The van der Waals surface area contributed by atoms with Gasteiger partial charge >= 0.3 is 0 Å². The number of nitrogens with one attached hydrogen (secondary N) is 1. The molecule has 0 aliphatic rings. The Morgan fingerprint density at radius 2 is 1.90 bits per heavy atom. The molecule has 3 heteroatoms. The van der Waals surface area contributed by atoms with Crippen molar-refractivity contribution < 1.29 is 4.42 Å². The van der Waals surface area contributed by atoms with Crippen molar-refractivity contribution in [2.75, 3.05) is 5.32 Å². The first kappa shape index (κ1) is 13.0. The van der Waals surface area contributed by atoms with Gasteiger partial charge in [-0.25, -0.2) is 0 Å². The maximum absolute atomic E-state index is 5.69. The van der Waals surface area contributed by atoms with Crippen LogP contribution in [0.1, 0.15) is 24.5 Å². The van der Waals surface area contributed by atoms with E-state index in [-0.39, 0.29) is 6.04 Å². The van der Waals surface area contributed by atoms with Gasteiger partial charge in [0, 0.05) is 16.1 Å². The van der Waals surface area contributed by atoms with Crippen molar-refractivity contribution in [2.24, 2.45) is 0 Å². The molecule has 0 bridgehead atoms. The van der Waals surface area contributed by atoms with Crippen molar-refractivity contribution >= 4 is 17.0 Å². The number of rotatable bonds is 4. The Morgan fingerprint density at radius 3 is 2.60 bits per heavy atom. The molecule has 0 radical (unpaired) electrons. The van der Waals surface area contributed by atoms with Crippen molar-refractivity contribution in [2.45, 2.75) is 19.9 Å². The molecule has 3 rings (SSSR count). The van der Waals surface area contributed by atoms with E-state index in [0.717, 1.165) is 17.2 Å². The first-order valence-electron chi connectivity index (χ1n) is 6.70. The molecular formula is C17H17NOS. The number of hydrogen-bond donors (Lipinski definition) is 1. The fourth-order valence-electron chi connectivity index (χ4n) is 2.25. The topological polar surface area (TPSA) is 25.2 Å². The summed E-state index contributed by atoms with van der Waals surface area (Å²) in [6.07, 6.45) is 0. The molecule has 0 fully saturated rings. The summed E-state index contributed by atoms with van der Waals surface area (Å²) in [5.41, 5.74) is 2.37. The smallest absolute Gasteiger partial charge is 0.126 e. The monoisotopic (exact) mass is 283 g/mol. The number of hydrogen-bond acceptors (Lipinski definition) is 3. The van der Waals surface area contributed by atoms with Crippen LogP contribution in [0.3, 0.4) is 0 Å². The second kappa shape index (κ2) is 5.55. The molecular weight excluding hydrogens is 266 g/mol. The highest BCUT2D eigenvalue weighted by Gasteiger charge is 2.12. The minimum atomic E-state index is 0.143. The third-order valence-electron chi connectivity index (χ3n) is 3.27. The van der Waals surface area contributed by atoms with E-state index in [9.17, 15) is 0 Å². The lowest BCUT2D eigenvalue weighted by Crippen LogP contribution is -2.06. The number of aryl methyl sites for hydroxylation is 1. The van der Waals surface area contributed by atoms with Crippen LogP contribution in [-0.2, 0) is 0 Å². The fraction of sp³-hybridized carbons (Fsp3) is 0.176. The van der Waals surface area contributed by atoms with Gasteiger partial charge in [0.05, 0.1) is 6.04 Å². The van der Waals surface area contributed by atoms with E-state index in [1.807, 2.05) is 19.1 Å². The highest BCUT2D eigenvalue weighted by Crippen LogP contribution is 2.33. The van der Waals surface area contributed by atoms with Crippen molar-refractivity contribution in [3.05, 3.63) is 65.4 Å². The Labute approximate surface area is 123 Å². The number of thiophene rings is 1. The van der Waals surface area contributed by atoms with Gasteiger partial charge in [0.15, 0.2) is 0 Å². The molecule has 3 aromatic rings. The van der Waals surface area contributed by atoms with Crippen LogP contribution < -0.4 is 5.32 Å². The Morgan fingerprint density at radius 1 is 1.05 bits per heavy atom. The van der Waals surface area contributed by atoms with Gasteiger partial charge < -0.3 is 9.73 Å². The molecule has 0 saturated heterocycles. The molecule has 2 aromatic heterocycles. The zero-order valence-corrected chi connectivity index (χ0v) is 12.4. The van der Waals surface area contributed by atoms with Gasteiger partial charge in [0.2, 0.25) is 0 Å². The minimum absolute atomic E-state index is 0.143. The van der Waals surface area contributed by atoms with Crippen molar-refractivity contribution in [3.8, 4) is 10.4 Å². The maximum Gasteiger partial charge on any atom is 0.126 e. The summed E-state index contributed by atoms with van der Waals surface area (Å²) in [6, 6.07) is 16.8. The zero-order valence-electron chi connectivity index (χ0n) is 11.6. The maximum atomic E-state index is 5.69. The van der Waals surface area contributed by atoms with Crippen LogP contribution in [0.25, 0.3) is 10.4 Å². The quantitative estimate of drug-likeness (QED) is 0.685. The average Bonchev–Trinajstić information content (AvgIpc) is 3.10. The van der Waals surface area contributed by atoms with E-state index < -0.39 is 0 Å². The molecule has 20 heavy (non-hydrogen) atoms. The SMILES string of the molecule is Cc1ccc(C(C)Nc2ccccc2-c2cccs2)o1. The highest BCUT2D eigenvalue weighted by atomic mass is 32.1. The highest BCUT2D eigenvalue weighted by molar-refractivity contribution is 7.13. The Kier molecular flexibility index (Phi) is 3.61. The van der Waals surface area contributed by atoms with Crippen LogP contribution in [-0.4, -0.2) is 0 Å². The van der Waals surface area contributed by atoms with Crippen LogP contribution in [0, 0.1) is 6.92 Å². The molecule has 0 aliphatic heterocycles. The second-order valence-corrected chi connectivity index (χ2v) is 5.79. The standard InChI is InChI=1S/C17H17NOS/c1-12-9-10-16(19-12)13(2)18-15-7-4-3-6-14(15)17-8-5-11-20-17/h3-11,13,18H,1-2H3. The summed E-state index contributed by atoms with van der Waals surface area (Å²) < 4.78 is 5.69. The lowest BCUT2D eigenvalue weighted by Gasteiger charge is -2.16. The summed E-state index contributed by atoms with van der Waals surface area (Å²) >= 11 is 1.75. The fourth-order valence-corrected chi connectivity index (χ4v) is 3.01. The molecule has 0 aliphatic carbocycles. The van der Waals surface area contributed by atoms with Gasteiger partial charge in [0.25, 0.3) is 0 Å². The third-order valence-corrected chi connectivity index (χ3v) is 4.18. The van der Waals surface area contributed by atoms with Crippen LogP contribution in [0.4, 0.5) is 5.69 Å². The number of para-hydroxylation sites is 1. The van der Waals surface area contributed by atoms with Gasteiger partial charge in [-0.2, -0.15) is 0 Å². The lowest BCUT2D eigenvalue weighted by molar-refractivity contribution is 0.467. The van der Waals surface area contributed by atoms with E-state index in [4.69, 9.17) is 4.42 Å². The van der Waals surface area contributed by atoms with Crippen molar-refractivity contribution in [3.63, 3.8) is 0 Å². The van der Waals surface area contributed by atoms with Crippen LogP contribution >= 0.6 is 11.3 Å². The minimum Gasteiger partial charge on any atom is -0.464 e. The zero-order chi connectivity index (χ0) is 13.9. The van der Waals surface area contributed by atoms with Gasteiger partial charge in [-0.05, 0) is 43.5 Å². The Balaban J connectivity index is 1.88. The molecule has 1 N–H and O–H groups in total. The van der Waals surface area contributed by atoms with E-state index >= 15 is 0 Å². The number of anilines is 1. The molecule has 0 saturated carbocycles. The predicted octanol–water partition coefficient (Wildman–Crippen LogP) is 5.49. The molecule has 0 amide bonds. The van der Waals surface area contributed by atoms with E-state index in [1.165, 1.54) is 10.4 Å². The molecule has 2 nitrogen and oxygen atoms in total.